The number of hydrogen-bond acceptors (Lipinski definition) is 3. The molecule has 0 radical (unpaired) electrons. The number of halogens is 2. The van der Waals surface area contributed by atoms with Crippen molar-refractivity contribution in [3.8, 4) is 0 Å². The summed E-state index contributed by atoms with van der Waals surface area (Å²) < 4.78 is 27.0. The SMILES string of the molecule is CCCNC(Cc1nccs1)Cc1cccc(F)c1F. The molecule has 0 aliphatic heterocycles. The molecule has 5 heteroatoms. The minimum absolute atomic E-state index is 0.0670. The molecule has 1 unspecified atom stereocenters. The predicted octanol–water partition coefficient (Wildman–Crippen LogP) is 3.57. The summed E-state index contributed by atoms with van der Waals surface area (Å²) >= 11 is 1.58. The van der Waals surface area contributed by atoms with Crippen molar-refractivity contribution >= 4 is 11.3 Å². The van der Waals surface area contributed by atoms with Gasteiger partial charge in [0, 0.05) is 24.0 Å². The van der Waals surface area contributed by atoms with E-state index in [1.165, 1.54) is 0 Å². The van der Waals surface area contributed by atoms with Crippen LogP contribution in [0.4, 0.5) is 8.78 Å². The minimum atomic E-state index is -0.786. The van der Waals surface area contributed by atoms with Gasteiger partial charge in [0.1, 0.15) is 0 Å². The lowest BCUT2D eigenvalue weighted by molar-refractivity contribution is 0.468. The number of thiazole rings is 1. The molecule has 0 amide bonds. The summed E-state index contributed by atoms with van der Waals surface area (Å²) in [7, 11) is 0. The van der Waals surface area contributed by atoms with E-state index in [2.05, 4.69) is 17.2 Å². The molecule has 1 atom stereocenters. The van der Waals surface area contributed by atoms with Crippen LogP contribution in [0.3, 0.4) is 0 Å². The molecule has 1 heterocycles. The fourth-order valence-electron chi connectivity index (χ4n) is 2.10. The lowest BCUT2D eigenvalue weighted by Crippen LogP contribution is -2.34. The van der Waals surface area contributed by atoms with Gasteiger partial charge in [-0.2, -0.15) is 0 Å². The van der Waals surface area contributed by atoms with Crippen LogP contribution in [0, 0.1) is 11.6 Å². The highest BCUT2D eigenvalue weighted by Gasteiger charge is 2.15. The average molecular weight is 296 g/mol. The Morgan fingerprint density at radius 3 is 2.85 bits per heavy atom. The zero-order chi connectivity index (χ0) is 14.4. The van der Waals surface area contributed by atoms with E-state index in [0.29, 0.717) is 12.0 Å². The molecule has 2 nitrogen and oxygen atoms in total. The van der Waals surface area contributed by atoms with Gasteiger partial charge in [-0.05, 0) is 31.0 Å². The molecular weight excluding hydrogens is 278 g/mol. The van der Waals surface area contributed by atoms with Crippen LogP contribution < -0.4 is 5.32 Å². The molecule has 1 aromatic carbocycles. The summed E-state index contributed by atoms with van der Waals surface area (Å²) in [6, 6.07) is 4.40. The minimum Gasteiger partial charge on any atom is -0.313 e. The van der Waals surface area contributed by atoms with E-state index in [1.54, 1.807) is 29.7 Å². The van der Waals surface area contributed by atoms with Crippen molar-refractivity contribution in [2.45, 2.75) is 32.2 Å². The summed E-state index contributed by atoms with van der Waals surface area (Å²) in [5, 5.41) is 6.32. The molecule has 0 fully saturated rings. The molecule has 1 N–H and O–H groups in total. The van der Waals surface area contributed by atoms with Gasteiger partial charge in [0.25, 0.3) is 0 Å². The quantitative estimate of drug-likeness (QED) is 0.845. The molecule has 0 saturated heterocycles. The van der Waals surface area contributed by atoms with Gasteiger partial charge in [0.05, 0.1) is 5.01 Å². The highest BCUT2D eigenvalue weighted by Crippen LogP contribution is 2.16. The molecular formula is C15H18F2N2S. The van der Waals surface area contributed by atoms with Crippen molar-refractivity contribution in [1.29, 1.82) is 0 Å². The van der Waals surface area contributed by atoms with Gasteiger partial charge in [-0.3, -0.25) is 0 Å². The Morgan fingerprint density at radius 1 is 1.30 bits per heavy atom. The first-order valence-corrected chi connectivity index (χ1v) is 7.63. The van der Waals surface area contributed by atoms with Crippen molar-refractivity contribution in [3.63, 3.8) is 0 Å². The van der Waals surface area contributed by atoms with Crippen LogP contribution in [-0.4, -0.2) is 17.6 Å². The Kier molecular flexibility index (Phi) is 5.61. The number of rotatable bonds is 7. The van der Waals surface area contributed by atoms with Crippen LogP contribution in [0.2, 0.25) is 0 Å². The maximum atomic E-state index is 13.7. The van der Waals surface area contributed by atoms with E-state index in [-0.39, 0.29) is 6.04 Å². The Hall–Kier alpha value is -1.33. The fourth-order valence-corrected chi connectivity index (χ4v) is 2.80. The Bertz CT molecular complexity index is 529. The summed E-state index contributed by atoms with van der Waals surface area (Å²) in [5.74, 6) is -1.53. The van der Waals surface area contributed by atoms with Crippen LogP contribution >= 0.6 is 11.3 Å². The first kappa shape index (κ1) is 15.1. The van der Waals surface area contributed by atoms with Gasteiger partial charge in [0.15, 0.2) is 11.6 Å². The topological polar surface area (TPSA) is 24.9 Å². The van der Waals surface area contributed by atoms with Gasteiger partial charge in [-0.1, -0.05) is 19.1 Å². The molecule has 0 aliphatic rings. The second-order valence-corrected chi connectivity index (χ2v) is 5.68. The first-order chi connectivity index (χ1) is 9.70. The molecule has 108 valence electrons. The van der Waals surface area contributed by atoms with Crippen LogP contribution in [0.1, 0.15) is 23.9 Å². The summed E-state index contributed by atoms with van der Waals surface area (Å²) in [6.07, 6.45) is 3.95. The maximum absolute atomic E-state index is 13.7. The third kappa shape index (κ3) is 4.08. The molecule has 0 aliphatic carbocycles. The molecule has 0 bridgehead atoms. The molecule has 1 aromatic heterocycles. The largest absolute Gasteiger partial charge is 0.313 e. The van der Waals surface area contributed by atoms with Crippen molar-refractivity contribution in [2.75, 3.05) is 6.54 Å². The molecule has 0 saturated carbocycles. The molecule has 2 aromatic rings. The fraction of sp³-hybridized carbons (Fsp3) is 0.400. The third-order valence-corrected chi connectivity index (χ3v) is 3.89. The number of benzene rings is 1. The Morgan fingerprint density at radius 2 is 2.15 bits per heavy atom. The Labute approximate surface area is 121 Å². The summed E-state index contributed by atoms with van der Waals surface area (Å²) in [5.41, 5.74) is 0.412. The number of nitrogens with zero attached hydrogens (tertiary/aromatic N) is 1. The molecule has 2 rings (SSSR count). The Balaban J connectivity index is 2.08. The normalized spacial score (nSPS) is 12.6. The third-order valence-electron chi connectivity index (χ3n) is 3.09. The number of aromatic nitrogens is 1. The summed E-state index contributed by atoms with van der Waals surface area (Å²) in [6.45, 7) is 2.93. The lowest BCUT2D eigenvalue weighted by atomic mass is 10.0. The van der Waals surface area contributed by atoms with Gasteiger partial charge in [0.2, 0.25) is 0 Å². The van der Waals surface area contributed by atoms with Gasteiger partial charge < -0.3 is 5.32 Å². The van der Waals surface area contributed by atoms with E-state index in [0.717, 1.165) is 30.5 Å². The predicted molar refractivity (Wildman–Crippen MR) is 78.0 cm³/mol. The van der Waals surface area contributed by atoms with Gasteiger partial charge >= 0.3 is 0 Å². The second-order valence-electron chi connectivity index (χ2n) is 4.70. The highest BCUT2D eigenvalue weighted by molar-refractivity contribution is 7.09. The van der Waals surface area contributed by atoms with E-state index in [1.807, 2.05) is 5.38 Å². The van der Waals surface area contributed by atoms with Gasteiger partial charge in [-0.25, -0.2) is 13.8 Å². The van der Waals surface area contributed by atoms with Crippen LogP contribution in [0.25, 0.3) is 0 Å². The van der Waals surface area contributed by atoms with E-state index in [9.17, 15) is 8.78 Å². The van der Waals surface area contributed by atoms with Crippen LogP contribution in [0.15, 0.2) is 29.8 Å². The van der Waals surface area contributed by atoms with Crippen molar-refractivity contribution in [3.05, 3.63) is 52.0 Å². The number of hydrogen-bond donors (Lipinski definition) is 1. The van der Waals surface area contributed by atoms with E-state index in [4.69, 9.17) is 0 Å². The van der Waals surface area contributed by atoms with E-state index < -0.39 is 11.6 Å². The van der Waals surface area contributed by atoms with Crippen LogP contribution in [-0.2, 0) is 12.8 Å². The second kappa shape index (κ2) is 7.45. The monoisotopic (exact) mass is 296 g/mol. The average Bonchev–Trinajstić information content (AvgIpc) is 2.94. The van der Waals surface area contributed by atoms with Crippen molar-refractivity contribution < 1.29 is 8.78 Å². The lowest BCUT2D eigenvalue weighted by Gasteiger charge is -2.18. The molecule has 20 heavy (non-hydrogen) atoms. The van der Waals surface area contributed by atoms with Crippen LogP contribution in [0.5, 0.6) is 0 Å². The van der Waals surface area contributed by atoms with Gasteiger partial charge in [-0.15, -0.1) is 11.3 Å². The maximum Gasteiger partial charge on any atom is 0.162 e. The number of nitrogens with one attached hydrogen (secondary N) is 1. The molecule has 0 spiro atoms. The smallest absolute Gasteiger partial charge is 0.162 e. The highest BCUT2D eigenvalue weighted by atomic mass is 32.1. The van der Waals surface area contributed by atoms with E-state index >= 15 is 0 Å². The van der Waals surface area contributed by atoms with Crippen molar-refractivity contribution in [1.82, 2.24) is 10.3 Å². The first-order valence-electron chi connectivity index (χ1n) is 6.75. The standard InChI is InChI=1S/C15H18F2N2S/c1-2-6-18-12(10-14-19-7-8-20-14)9-11-4-3-5-13(16)15(11)17/h3-5,7-8,12,18H,2,6,9-10H2,1H3. The van der Waals surface area contributed by atoms with Crippen molar-refractivity contribution in [2.24, 2.45) is 0 Å². The zero-order valence-corrected chi connectivity index (χ0v) is 12.2. The summed E-state index contributed by atoms with van der Waals surface area (Å²) in [4.78, 5) is 4.26. The zero-order valence-electron chi connectivity index (χ0n) is 11.4.